The summed E-state index contributed by atoms with van der Waals surface area (Å²) in [5.41, 5.74) is 0. The average molecular weight is 296 g/mol. The molecule has 2 rings (SSSR count). The molecule has 0 bridgehead atoms. The molecule has 17 heavy (non-hydrogen) atoms. The normalized spacial score (nSPS) is 21.2. The Labute approximate surface area is 110 Å². The van der Waals surface area contributed by atoms with Gasteiger partial charge >= 0.3 is 0 Å². The van der Waals surface area contributed by atoms with Crippen LogP contribution in [0, 0.1) is 5.92 Å². The highest BCUT2D eigenvalue weighted by Gasteiger charge is 2.26. The van der Waals surface area contributed by atoms with E-state index in [1.54, 1.807) is 19.2 Å². The van der Waals surface area contributed by atoms with Crippen LogP contribution in [0.5, 0.6) is 0 Å². The minimum Gasteiger partial charge on any atom is -0.381 e. The third-order valence-electron chi connectivity index (χ3n) is 2.75. The molecule has 0 aliphatic carbocycles. The van der Waals surface area contributed by atoms with Gasteiger partial charge in [0.1, 0.15) is 4.21 Å². The summed E-state index contributed by atoms with van der Waals surface area (Å²) in [6.07, 6.45) is 0.922. The highest BCUT2D eigenvalue weighted by atomic mass is 35.5. The lowest BCUT2D eigenvalue weighted by Gasteiger charge is -2.18. The molecule has 0 N–H and O–H groups in total. The van der Waals surface area contributed by atoms with Crippen LogP contribution in [-0.4, -0.2) is 39.5 Å². The fourth-order valence-corrected chi connectivity index (χ4v) is 4.72. The molecule has 1 fully saturated rings. The molecule has 1 atom stereocenters. The van der Waals surface area contributed by atoms with E-state index >= 15 is 0 Å². The average Bonchev–Trinajstić information content (AvgIpc) is 2.89. The number of hydrogen-bond donors (Lipinski definition) is 0. The fourth-order valence-electron chi connectivity index (χ4n) is 1.78. The molecule has 0 aromatic carbocycles. The molecule has 1 unspecified atom stereocenters. The maximum absolute atomic E-state index is 12.2. The number of sulfonamides is 1. The summed E-state index contributed by atoms with van der Waals surface area (Å²) < 4.78 is 31.7. The summed E-state index contributed by atoms with van der Waals surface area (Å²) in [7, 11) is -1.80. The van der Waals surface area contributed by atoms with Crippen LogP contribution >= 0.6 is 22.9 Å². The maximum Gasteiger partial charge on any atom is 0.252 e. The zero-order valence-electron chi connectivity index (χ0n) is 9.43. The minimum absolute atomic E-state index is 0.295. The van der Waals surface area contributed by atoms with Gasteiger partial charge in [0.15, 0.2) is 0 Å². The van der Waals surface area contributed by atoms with Crippen molar-refractivity contribution in [3.63, 3.8) is 0 Å². The molecule has 0 saturated carbocycles. The van der Waals surface area contributed by atoms with Gasteiger partial charge in [0.2, 0.25) is 0 Å². The van der Waals surface area contributed by atoms with E-state index in [4.69, 9.17) is 16.3 Å². The Morgan fingerprint density at radius 3 is 2.88 bits per heavy atom. The second-order valence-electron chi connectivity index (χ2n) is 4.07. The van der Waals surface area contributed by atoms with Crippen LogP contribution in [0.4, 0.5) is 0 Å². The van der Waals surface area contributed by atoms with Crippen LogP contribution in [0.1, 0.15) is 6.42 Å². The smallest absolute Gasteiger partial charge is 0.252 e. The molecule has 0 amide bonds. The van der Waals surface area contributed by atoms with E-state index in [0.717, 1.165) is 24.4 Å². The summed E-state index contributed by atoms with van der Waals surface area (Å²) in [4.78, 5) is 0. The number of hydrogen-bond acceptors (Lipinski definition) is 4. The molecule has 0 spiro atoms. The molecular weight excluding hydrogens is 282 g/mol. The van der Waals surface area contributed by atoms with Crippen LogP contribution in [0.15, 0.2) is 16.3 Å². The van der Waals surface area contributed by atoms with E-state index in [2.05, 4.69) is 0 Å². The van der Waals surface area contributed by atoms with Crippen LogP contribution < -0.4 is 0 Å². The molecule has 7 heteroatoms. The van der Waals surface area contributed by atoms with Crippen molar-refractivity contribution in [2.45, 2.75) is 10.6 Å². The summed E-state index contributed by atoms with van der Waals surface area (Å²) in [6, 6.07) is 3.15. The second-order valence-corrected chi connectivity index (χ2v) is 8.06. The van der Waals surface area contributed by atoms with Crippen molar-refractivity contribution in [3.8, 4) is 0 Å². The maximum atomic E-state index is 12.2. The molecule has 1 aliphatic rings. The Morgan fingerprint density at radius 2 is 2.35 bits per heavy atom. The molecule has 1 aromatic heterocycles. The monoisotopic (exact) mass is 295 g/mol. The van der Waals surface area contributed by atoms with E-state index in [1.807, 2.05) is 0 Å². The van der Waals surface area contributed by atoms with Crippen molar-refractivity contribution in [2.75, 3.05) is 26.8 Å². The standard InChI is InChI=1S/C10H14ClNO3S2/c1-12(6-8-4-5-15-7-8)17(13,14)10-3-2-9(11)16-10/h2-3,8H,4-7H2,1H3. The molecule has 1 aromatic rings. The van der Waals surface area contributed by atoms with Crippen molar-refractivity contribution in [1.29, 1.82) is 0 Å². The number of nitrogens with zero attached hydrogens (tertiary/aromatic N) is 1. The Hall–Kier alpha value is -0.140. The lowest BCUT2D eigenvalue weighted by molar-refractivity contribution is 0.182. The van der Waals surface area contributed by atoms with Crippen LogP contribution in [0.2, 0.25) is 4.34 Å². The first-order chi connectivity index (χ1) is 8.00. The highest BCUT2D eigenvalue weighted by molar-refractivity contribution is 7.91. The first kappa shape index (κ1) is 13.3. The van der Waals surface area contributed by atoms with E-state index < -0.39 is 10.0 Å². The zero-order chi connectivity index (χ0) is 12.5. The topological polar surface area (TPSA) is 46.6 Å². The van der Waals surface area contributed by atoms with Gasteiger partial charge in [-0.2, -0.15) is 4.31 Å². The van der Waals surface area contributed by atoms with Crippen molar-refractivity contribution in [1.82, 2.24) is 4.31 Å². The molecule has 96 valence electrons. The Balaban J connectivity index is 2.09. The summed E-state index contributed by atoms with van der Waals surface area (Å²) in [5.74, 6) is 0.296. The van der Waals surface area contributed by atoms with Gasteiger partial charge in [-0.1, -0.05) is 11.6 Å². The number of ether oxygens (including phenoxy) is 1. The Morgan fingerprint density at radius 1 is 1.59 bits per heavy atom. The largest absolute Gasteiger partial charge is 0.381 e. The first-order valence-corrected chi connectivity index (χ1v) is 7.93. The molecule has 0 radical (unpaired) electrons. The van der Waals surface area contributed by atoms with Crippen LogP contribution in [-0.2, 0) is 14.8 Å². The lowest BCUT2D eigenvalue weighted by Crippen LogP contribution is -2.31. The number of halogens is 1. The molecular formula is C10H14ClNO3S2. The third kappa shape index (κ3) is 3.00. The fraction of sp³-hybridized carbons (Fsp3) is 0.600. The molecule has 1 aliphatic heterocycles. The summed E-state index contributed by atoms with van der Waals surface area (Å²) in [5, 5.41) is 0. The molecule has 4 nitrogen and oxygen atoms in total. The minimum atomic E-state index is -3.39. The Kier molecular flexibility index (Phi) is 4.10. The van der Waals surface area contributed by atoms with Crippen molar-refractivity contribution in [2.24, 2.45) is 5.92 Å². The van der Waals surface area contributed by atoms with Gasteiger partial charge in [-0.05, 0) is 24.5 Å². The second kappa shape index (κ2) is 5.24. The zero-order valence-corrected chi connectivity index (χ0v) is 11.8. The van der Waals surface area contributed by atoms with Crippen molar-refractivity contribution >= 4 is 33.0 Å². The quantitative estimate of drug-likeness (QED) is 0.854. The SMILES string of the molecule is CN(CC1CCOC1)S(=O)(=O)c1ccc(Cl)s1. The van der Waals surface area contributed by atoms with Gasteiger partial charge in [-0.3, -0.25) is 0 Å². The van der Waals surface area contributed by atoms with Crippen LogP contribution in [0.25, 0.3) is 0 Å². The van der Waals surface area contributed by atoms with Gasteiger partial charge in [-0.15, -0.1) is 11.3 Å². The predicted octanol–water partition coefficient (Wildman–Crippen LogP) is 2.06. The van der Waals surface area contributed by atoms with Crippen LogP contribution in [0.3, 0.4) is 0 Å². The van der Waals surface area contributed by atoms with Gasteiger partial charge in [0, 0.05) is 20.2 Å². The Bertz CT molecular complexity index is 479. The van der Waals surface area contributed by atoms with Gasteiger partial charge in [0.05, 0.1) is 10.9 Å². The summed E-state index contributed by atoms with van der Waals surface area (Å²) in [6.45, 7) is 1.87. The highest BCUT2D eigenvalue weighted by Crippen LogP contribution is 2.28. The van der Waals surface area contributed by atoms with Gasteiger partial charge < -0.3 is 4.74 Å². The van der Waals surface area contributed by atoms with Gasteiger partial charge in [0.25, 0.3) is 10.0 Å². The molecule has 2 heterocycles. The first-order valence-electron chi connectivity index (χ1n) is 5.29. The van der Waals surface area contributed by atoms with Crippen molar-refractivity contribution in [3.05, 3.63) is 16.5 Å². The van der Waals surface area contributed by atoms with E-state index in [9.17, 15) is 8.42 Å². The lowest BCUT2D eigenvalue weighted by atomic mass is 10.1. The van der Waals surface area contributed by atoms with Crippen molar-refractivity contribution < 1.29 is 13.2 Å². The number of thiophene rings is 1. The number of rotatable bonds is 4. The summed E-state index contributed by atoms with van der Waals surface area (Å²) >= 11 is 6.84. The molecule has 1 saturated heterocycles. The van der Waals surface area contributed by atoms with E-state index in [-0.39, 0.29) is 0 Å². The van der Waals surface area contributed by atoms with E-state index in [0.29, 0.717) is 27.6 Å². The third-order valence-corrected chi connectivity index (χ3v) is 6.27. The van der Waals surface area contributed by atoms with E-state index in [1.165, 1.54) is 4.31 Å². The van der Waals surface area contributed by atoms with Gasteiger partial charge in [-0.25, -0.2) is 8.42 Å². The predicted molar refractivity (Wildman–Crippen MR) is 68.1 cm³/mol.